The SMILES string of the molecule is CC[N+](CCCS(=O)(=O)[O-])=c1ccc2c(C(C)(C)C)cc(/C=C/C=C3/N(CCOCCOCCOCCC(=O)ON4C(=O)CCC4=O)c4ccc(S(=O)(=O)[O-])cc4C3(C)CCCS(=O)(=O)[O-])oc-2c1.[Na+].[Na+]. The predicted octanol–water partition coefficient (Wildman–Crippen LogP) is -2.63. The Bertz CT molecular complexity index is 2790. The van der Waals surface area contributed by atoms with Gasteiger partial charge in [-0.05, 0) is 85.7 Å². The summed E-state index contributed by atoms with van der Waals surface area (Å²) in [5, 5.41) is 1.24. The van der Waals surface area contributed by atoms with Gasteiger partial charge in [-0.25, -0.2) is 34.6 Å². The first-order valence-electron chi connectivity index (χ1n) is 22.4. The second kappa shape index (κ2) is 27.1. The number of rotatable bonds is 25. The van der Waals surface area contributed by atoms with Gasteiger partial charge in [0, 0.05) is 65.7 Å². The zero-order valence-corrected chi connectivity index (χ0v) is 47.8. The van der Waals surface area contributed by atoms with Crippen LogP contribution in [0.3, 0.4) is 0 Å². The van der Waals surface area contributed by atoms with E-state index < -0.39 is 70.0 Å². The molecule has 71 heavy (non-hydrogen) atoms. The van der Waals surface area contributed by atoms with Gasteiger partial charge in [-0.3, -0.25) is 9.59 Å². The maximum absolute atomic E-state index is 12.3. The zero-order chi connectivity index (χ0) is 50.8. The third-order valence-corrected chi connectivity index (χ3v) is 14.0. The summed E-state index contributed by atoms with van der Waals surface area (Å²) in [7, 11) is -13.9. The van der Waals surface area contributed by atoms with Crippen molar-refractivity contribution in [2.75, 3.05) is 75.7 Å². The first kappa shape index (κ1) is 62.4. The summed E-state index contributed by atoms with van der Waals surface area (Å²) in [6.45, 7) is 11.7. The molecule has 1 aromatic rings. The Balaban J connectivity index is 0.00000666. The van der Waals surface area contributed by atoms with Crippen molar-refractivity contribution in [2.45, 2.75) is 88.9 Å². The summed E-state index contributed by atoms with van der Waals surface area (Å²) >= 11 is 0. The molecule has 3 aliphatic heterocycles. The molecule has 380 valence electrons. The Morgan fingerprint density at radius 1 is 0.831 bits per heavy atom. The number of ether oxygens (including phenoxy) is 3. The van der Waals surface area contributed by atoms with E-state index in [-0.39, 0.29) is 149 Å². The Labute approximate surface area is 459 Å². The second-order valence-corrected chi connectivity index (χ2v) is 22.1. The van der Waals surface area contributed by atoms with Crippen molar-refractivity contribution >= 4 is 59.9 Å². The zero-order valence-electron chi connectivity index (χ0n) is 41.3. The summed E-state index contributed by atoms with van der Waals surface area (Å²) in [5.41, 5.74) is 1.95. The van der Waals surface area contributed by atoms with Crippen LogP contribution in [0.2, 0.25) is 0 Å². The third kappa shape index (κ3) is 18.2. The molecule has 0 radical (unpaired) electrons. The van der Waals surface area contributed by atoms with Gasteiger partial charge in [0.05, 0.1) is 77.3 Å². The van der Waals surface area contributed by atoms with E-state index in [0.29, 0.717) is 46.6 Å². The molecule has 0 bridgehead atoms. The first-order valence-corrected chi connectivity index (χ1v) is 27.0. The van der Waals surface area contributed by atoms with E-state index in [4.69, 9.17) is 23.5 Å². The monoisotopic (exact) mass is 1070 g/mol. The number of imide groups is 1. The molecule has 3 heterocycles. The standard InChI is InChI=1S/C46H61N3O17S3.2Na/c1-6-47(20-9-29-68(56,57)58)33-12-14-36-37(45(2,3)4)31-34(65-40(36)30-33)10-7-11-41-46(5,19-8-28-67(53,54)55)38-32-35(69(59,60)61)13-15-39(38)48(41)21-23-63-25-27-64-26-24-62-22-18-44(52)66-49-42(50)16-17-43(49)51;;/h7,10-15,30-32H,6,8-9,16-29H2,1-5H3,(H2-,53,54,55,56,57,58,59,60,61);;/q;2*+1/p-2. The molecule has 1 atom stereocenters. The fourth-order valence-electron chi connectivity index (χ4n) is 8.18. The van der Waals surface area contributed by atoms with Crippen molar-refractivity contribution in [3.8, 4) is 11.3 Å². The average Bonchev–Trinajstić information content (AvgIpc) is 3.69. The number of hydrogen-bond acceptors (Lipinski definition) is 18. The molecule has 0 saturated carbocycles. The molecule has 1 aliphatic carbocycles. The van der Waals surface area contributed by atoms with Gasteiger partial charge in [-0.15, -0.1) is 5.06 Å². The quantitative estimate of drug-likeness (QED) is 0.0276. The number of carbonyl (C=O) groups excluding carboxylic acids is 3. The molecule has 2 amide bonds. The molecule has 25 heteroatoms. The molecule has 1 fully saturated rings. The van der Waals surface area contributed by atoms with E-state index in [1.54, 1.807) is 25.2 Å². The minimum absolute atomic E-state index is 0. The average molecular weight is 1070 g/mol. The van der Waals surface area contributed by atoms with Crippen LogP contribution in [0.4, 0.5) is 5.69 Å². The number of fused-ring (bicyclic) bond motifs is 2. The van der Waals surface area contributed by atoms with E-state index >= 15 is 0 Å². The predicted molar refractivity (Wildman–Crippen MR) is 248 cm³/mol. The number of allylic oxidation sites excluding steroid dienone is 3. The van der Waals surface area contributed by atoms with Crippen molar-refractivity contribution in [2.24, 2.45) is 0 Å². The van der Waals surface area contributed by atoms with E-state index in [9.17, 15) is 53.3 Å². The number of nitrogens with zero attached hydrogens (tertiary/aromatic N) is 3. The number of anilines is 1. The van der Waals surface area contributed by atoms with Gasteiger partial charge in [0.1, 0.15) is 34.7 Å². The largest absolute Gasteiger partial charge is 1.00 e. The van der Waals surface area contributed by atoms with Crippen LogP contribution < -0.4 is 73.9 Å². The first-order chi connectivity index (χ1) is 32.3. The molecule has 1 aromatic carbocycles. The molecular formula is C46H59N3Na2O17S3. The smallest absolute Gasteiger partial charge is 0.748 e. The maximum atomic E-state index is 12.3. The van der Waals surface area contributed by atoms with Gasteiger partial charge in [-0.2, -0.15) is 0 Å². The topological polar surface area (TPSA) is 282 Å². The third-order valence-electron chi connectivity index (χ3n) is 11.6. The van der Waals surface area contributed by atoms with E-state index in [1.807, 2.05) is 40.7 Å². The molecule has 1 unspecified atom stereocenters. The van der Waals surface area contributed by atoms with Gasteiger partial charge in [0.2, 0.25) is 5.36 Å². The van der Waals surface area contributed by atoms with Gasteiger partial charge in [0.15, 0.2) is 0 Å². The van der Waals surface area contributed by atoms with Gasteiger partial charge in [0.25, 0.3) is 11.8 Å². The van der Waals surface area contributed by atoms with Crippen LogP contribution in [0.5, 0.6) is 0 Å². The number of hydroxylamine groups is 2. The van der Waals surface area contributed by atoms with Gasteiger partial charge in [-0.1, -0.05) is 26.8 Å². The number of hydrogen-bond donors (Lipinski definition) is 0. The Hall–Kier alpha value is -2.85. The van der Waals surface area contributed by atoms with Crippen molar-refractivity contribution in [1.82, 2.24) is 9.64 Å². The Morgan fingerprint density at radius 2 is 1.44 bits per heavy atom. The minimum atomic E-state index is -4.90. The molecule has 0 aromatic heterocycles. The molecule has 4 aliphatic rings. The van der Waals surface area contributed by atoms with Crippen LogP contribution in [0.15, 0.2) is 69.6 Å². The minimum Gasteiger partial charge on any atom is -0.748 e. The molecule has 0 spiro atoms. The number of benzene rings is 2. The normalized spacial score (nSPS) is 17.5. The molecular weight excluding hydrogens is 1010 g/mol. The summed E-state index contributed by atoms with van der Waals surface area (Å²) in [6.07, 6.45) is 5.21. The summed E-state index contributed by atoms with van der Waals surface area (Å²) < 4.78 is 131. The Kier molecular flexibility index (Phi) is 23.8. The fourth-order valence-corrected chi connectivity index (χ4v) is 9.66. The van der Waals surface area contributed by atoms with Crippen LogP contribution in [0, 0.1) is 0 Å². The number of carbonyl (C=O) groups is 3. The Morgan fingerprint density at radius 3 is 2.03 bits per heavy atom. The van der Waals surface area contributed by atoms with Crippen LogP contribution in [-0.4, -0.2) is 133 Å². The van der Waals surface area contributed by atoms with Crippen molar-refractivity contribution < 1.29 is 136 Å². The summed E-state index contributed by atoms with van der Waals surface area (Å²) in [5.74, 6) is -2.08. The van der Waals surface area contributed by atoms with E-state index in [2.05, 4.69) is 20.8 Å². The molecule has 1 saturated heterocycles. The fraction of sp³-hybridized carbons (Fsp3) is 0.522. The van der Waals surface area contributed by atoms with E-state index in [0.717, 1.165) is 16.5 Å². The van der Waals surface area contributed by atoms with Gasteiger partial charge < -0.3 is 42.0 Å². The summed E-state index contributed by atoms with van der Waals surface area (Å²) in [6, 6.07) is 11.6. The van der Waals surface area contributed by atoms with E-state index in [1.165, 1.54) is 18.2 Å². The summed E-state index contributed by atoms with van der Waals surface area (Å²) in [4.78, 5) is 41.4. The van der Waals surface area contributed by atoms with Crippen LogP contribution in [0.25, 0.3) is 17.4 Å². The molecule has 5 rings (SSSR count). The van der Waals surface area contributed by atoms with Crippen LogP contribution in [0.1, 0.15) is 90.0 Å². The van der Waals surface area contributed by atoms with Crippen molar-refractivity contribution in [1.29, 1.82) is 0 Å². The van der Waals surface area contributed by atoms with Crippen LogP contribution in [-0.2, 0) is 74.6 Å². The second-order valence-electron chi connectivity index (χ2n) is 17.7. The van der Waals surface area contributed by atoms with Crippen molar-refractivity contribution in [3.63, 3.8) is 0 Å². The molecule has 0 N–H and O–H groups in total. The maximum Gasteiger partial charge on any atom is 1.00 e. The number of amides is 2. The van der Waals surface area contributed by atoms with Gasteiger partial charge >= 0.3 is 65.1 Å². The van der Waals surface area contributed by atoms with Crippen molar-refractivity contribution in [3.05, 3.63) is 82.6 Å². The van der Waals surface area contributed by atoms with Crippen LogP contribution >= 0.6 is 0 Å². The molecule has 20 nitrogen and oxygen atoms in total.